The Balaban J connectivity index is 2.09. The minimum absolute atomic E-state index is 0.0564. The summed E-state index contributed by atoms with van der Waals surface area (Å²) in [7, 11) is 0. The molecule has 182 valence electrons. The Kier molecular flexibility index (Phi) is 9.96. The number of allylic oxidation sites excluding steroid dienone is 3. The number of esters is 1. The lowest BCUT2D eigenvalue weighted by Gasteiger charge is -2.43. The summed E-state index contributed by atoms with van der Waals surface area (Å²) in [6.45, 7) is 8.28. The van der Waals surface area contributed by atoms with E-state index < -0.39 is 23.6 Å². The van der Waals surface area contributed by atoms with Crippen molar-refractivity contribution in [3.05, 3.63) is 23.8 Å². The summed E-state index contributed by atoms with van der Waals surface area (Å²) in [6.07, 6.45) is 9.71. The van der Waals surface area contributed by atoms with Crippen LogP contribution in [0.5, 0.6) is 0 Å². The maximum absolute atomic E-state index is 13.1. The molecule has 6 heteroatoms. The molecule has 0 saturated carbocycles. The molecular formula is C26H42O6. The van der Waals surface area contributed by atoms with E-state index in [0.717, 1.165) is 38.5 Å². The molecule has 0 amide bonds. The maximum atomic E-state index is 13.1. The highest BCUT2D eigenvalue weighted by Crippen LogP contribution is 2.44. The van der Waals surface area contributed by atoms with E-state index in [1.807, 2.05) is 13.8 Å². The van der Waals surface area contributed by atoms with Crippen LogP contribution in [0, 0.1) is 23.2 Å². The van der Waals surface area contributed by atoms with Gasteiger partial charge >= 0.3 is 11.9 Å². The van der Waals surface area contributed by atoms with Gasteiger partial charge < -0.3 is 20.1 Å². The van der Waals surface area contributed by atoms with Crippen molar-refractivity contribution in [3.63, 3.8) is 0 Å². The fourth-order valence-electron chi connectivity index (χ4n) is 5.31. The molecule has 0 aromatic heterocycles. The first-order valence-corrected chi connectivity index (χ1v) is 12.3. The number of ether oxygens (including phenoxy) is 1. The van der Waals surface area contributed by atoms with Crippen LogP contribution in [-0.4, -0.2) is 45.6 Å². The maximum Gasteiger partial charge on any atom is 0.312 e. The van der Waals surface area contributed by atoms with Gasteiger partial charge in [-0.2, -0.15) is 0 Å². The lowest BCUT2D eigenvalue weighted by Crippen LogP contribution is -2.42. The number of aliphatic hydroxyl groups is 2. The van der Waals surface area contributed by atoms with Gasteiger partial charge in [0.05, 0.1) is 24.0 Å². The second kappa shape index (κ2) is 12.0. The van der Waals surface area contributed by atoms with Crippen LogP contribution in [0.1, 0.15) is 85.5 Å². The second-order valence-electron chi connectivity index (χ2n) is 10.0. The third kappa shape index (κ3) is 6.92. The zero-order chi connectivity index (χ0) is 23.9. The van der Waals surface area contributed by atoms with Crippen LogP contribution in [0.2, 0.25) is 0 Å². The summed E-state index contributed by atoms with van der Waals surface area (Å²) >= 11 is 0. The van der Waals surface area contributed by atoms with Crippen molar-refractivity contribution in [1.82, 2.24) is 0 Å². The topological polar surface area (TPSA) is 104 Å². The van der Waals surface area contributed by atoms with E-state index in [4.69, 9.17) is 9.84 Å². The van der Waals surface area contributed by atoms with Crippen molar-refractivity contribution in [2.75, 3.05) is 0 Å². The van der Waals surface area contributed by atoms with Crippen LogP contribution in [0.25, 0.3) is 0 Å². The summed E-state index contributed by atoms with van der Waals surface area (Å²) in [5, 5.41) is 29.0. The van der Waals surface area contributed by atoms with Gasteiger partial charge in [-0.15, -0.1) is 0 Å². The van der Waals surface area contributed by atoms with E-state index in [0.29, 0.717) is 6.42 Å². The van der Waals surface area contributed by atoms with Crippen molar-refractivity contribution in [2.24, 2.45) is 23.2 Å². The average Bonchev–Trinajstić information content (AvgIpc) is 2.72. The lowest BCUT2D eigenvalue weighted by atomic mass is 9.66. The number of hydrogen-bond acceptors (Lipinski definition) is 5. The fraction of sp³-hybridized carbons (Fsp3) is 0.769. The van der Waals surface area contributed by atoms with Gasteiger partial charge in [0.1, 0.15) is 6.10 Å². The third-order valence-corrected chi connectivity index (χ3v) is 7.47. The monoisotopic (exact) mass is 450 g/mol. The number of rotatable bonds is 12. The van der Waals surface area contributed by atoms with Gasteiger partial charge in [0.15, 0.2) is 0 Å². The molecule has 2 rings (SSSR count). The number of carboxylic acids is 1. The molecule has 0 saturated heterocycles. The first-order valence-electron chi connectivity index (χ1n) is 12.3. The Morgan fingerprint density at radius 1 is 1.25 bits per heavy atom. The minimum atomic E-state index is -1.07. The standard InChI is InChI=1S/C26H42O6/c1-5-14-26(4,6-2)25(31)32-22-9-7-8-18-11-10-17(3)21(24(18)22)13-12-19(27)15-20(28)16-23(29)30/h8,10-11,17,19-22,24,27-28H,5-7,9,12-16H2,1-4H3,(H,29,30). The molecule has 0 radical (unpaired) electrons. The first-order chi connectivity index (χ1) is 15.1. The van der Waals surface area contributed by atoms with Gasteiger partial charge in [0.2, 0.25) is 0 Å². The second-order valence-corrected chi connectivity index (χ2v) is 10.0. The number of aliphatic carboxylic acids is 1. The Morgan fingerprint density at radius 3 is 2.59 bits per heavy atom. The number of aliphatic hydroxyl groups excluding tert-OH is 2. The highest BCUT2D eigenvalue weighted by Gasteiger charge is 2.42. The van der Waals surface area contributed by atoms with Gasteiger partial charge in [0.25, 0.3) is 0 Å². The summed E-state index contributed by atoms with van der Waals surface area (Å²) in [6, 6.07) is 0. The van der Waals surface area contributed by atoms with E-state index >= 15 is 0 Å². The molecule has 0 fully saturated rings. The quantitative estimate of drug-likeness (QED) is 0.374. The van der Waals surface area contributed by atoms with Crippen molar-refractivity contribution in [2.45, 2.75) is 104 Å². The molecule has 0 aromatic rings. The highest BCUT2D eigenvalue weighted by molar-refractivity contribution is 5.76. The minimum Gasteiger partial charge on any atom is -0.481 e. The van der Waals surface area contributed by atoms with Gasteiger partial charge in [-0.25, -0.2) is 0 Å². The largest absolute Gasteiger partial charge is 0.481 e. The summed E-state index contributed by atoms with van der Waals surface area (Å²) in [5.74, 6) is -0.576. The van der Waals surface area contributed by atoms with E-state index in [9.17, 15) is 19.8 Å². The molecule has 6 nitrogen and oxygen atoms in total. The molecule has 7 unspecified atom stereocenters. The molecule has 7 atom stereocenters. The number of hydrogen-bond donors (Lipinski definition) is 3. The van der Waals surface area contributed by atoms with Crippen molar-refractivity contribution in [3.8, 4) is 0 Å². The molecule has 0 aromatic carbocycles. The number of carbonyl (C=O) groups is 2. The predicted molar refractivity (Wildman–Crippen MR) is 124 cm³/mol. The van der Waals surface area contributed by atoms with Crippen LogP contribution in [0.3, 0.4) is 0 Å². The van der Waals surface area contributed by atoms with Crippen LogP contribution in [0.4, 0.5) is 0 Å². The molecular weight excluding hydrogens is 408 g/mol. The Morgan fingerprint density at radius 2 is 1.97 bits per heavy atom. The van der Waals surface area contributed by atoms with E-state index in [1.165, 1.54) is 5.57 Å². The summed E-state index contributed by atoms with van der Waals surface area (Å²) < 4.78 is 6.18. The van der Waals surface area contributed by atoms with E-state index in [2.05, 4.69) is 32.1 Å². The molecule has 3 N–H and O–H groups in total. The number of carbonyl (C=O) groups excluding carboxylic acids is 1. The van der Waals surface area contributed by atoms with Gasteiger partial charge in [-0.05, 0) is 69.3 Å². The normalized spacial score (nSPS) is 28.8. The molecule has 0 heterocycles. The highest BCUT2D eigenvalue weighted by atomic mass is 16.5. The van der Waals surface area contributed by atoms with Crippen LogP contribution in [-0.2, 0) is 14.3 Å². The Bertz CT molecular complexity index is 698. The average molecular weight is 451 g/mol. The van der Waals surface area contributed by atoms with Crippen molar-refractivity contribution >= 4 is 11.9 Å². The predicted octanol–water partition coefficient (Wildman–Crippen LogP) is 4.64. The van der Waals surface area contributed by atoms with Gasteiger partial charge in [-0.3, -0.25) is 9.59 Å². The molecule has 0 aliphatic heterocycles. The zero-order valence-corrected chi connectivity index (χ0v) is 20.1. The smallest absolute Gasteiger partial charge is 0.312 e. The lowest BCUT2D eigenvalue weighted by molar-refractivity contribution is -0.165. The van der Waals surface area contributed by atoms with Gasteiger partial charge in [-0.1, -0.05) is 45.4 Å². The Labute approximate surface area is 192 Å². The van der Waals surface area contributed by atoms with Crippen molar-refractivity contribution < 1.29 is 29.6 Å². The van der Waals surface area contributed by atoms with Gasteiger partial charge in [0, 0.05) is 5.92 Å². The SMILES string of the molecule is CCCC(C)(CC)C(=O)OC1CCC=C2C=CC(C)C(CCC(O)CC(O)CC(=O)O)C21. The van der Waals surface area contributed by atoms with E-state index in [-0.39, 0.29) is 42.7 Å². The van der Waals surface area contributed by atoms with Crippen molar-refractivity contribution in [1.29, 1.82) is 0 Å². The number of carboxylic acid groups (broad SMARTS) is 1. The molecule has 2 aliphatic carbocycles. The van der Waals surface area contributed by atoms with Crippen LogP contribution in [0.15, 0.2) is 23.8 Å². The molecule has 0 spiro atoms. The summed E-state index contributed by atoms with van der Waals surface area (Å²) in [5.41, 5.74) is 0.754. The van der Waals surface area contributed by atoms with E-state index in [1.54, 1.807) is 0 Å². The third-order valence-electron chi connectivity index (χ3n) is 7.47. The first kappa shape index (κ1) is 26.6. The fourth-order valence-corrected chi connectivity index (χ4v) is 5.31. The zero-order valence-electron chi connectivity index (χ0n) is 20.1. The molecule has 2 aliphatic rings. The number of fused-ring (bicyclic) bond motifs is 1. The van der Waals surface area contributed by atoms with Crippen LogP contribution >= 0.6 is 0 Å². The molecule has 32 heavy (non-hydrogen) atoms. The van der Waals surface area contributed by atoms with Crippen LogP contribution < -0.4 is 0 Å². The Hall–Kier alpha value is -1.66. The molecule has 0 bridgehead atoms. The summed E-state index contributed by atoms with van der Waals surface area (Å²) in [4.78, 5) is 23.9.